The number of hydrogen-bond acceptors (Lipinski definition) is 2. The molecule has 0 bridgehead atoms. The quantitative estimate of drug-likeness (QED) is 0.541. The van der Waals surface area contributed by atoms with Crippen LogP contribution in [0.4, 0.5) is 4.39 Å². The summed E-state index contributed by atoms with van der Waals surface area (Å²) >= 11 is 3.44. The van der Waals surface area contributed by atoms with E-state index in [1.54, 1.807) is 19.2 Å². The van der Waals surface area contributed by atoms with Crippen LogP contribution in [0.3, 0.4) is 0 Å². The van der Waals surface area contributed by atoms with Crippen molar-refractivity contribution >= 4 is 21.7 Å². The number of ether oxygens (including phenoxy) is 2. The Kier molecular flexibility index (Phi) is 5.39. The molecule has 0 radical (unpaired) electrons. The molecule has 1 unspecified atom stereocenters. The highest BCUT2D eigenvalue weighted by atomic mass is 79.9. The highest BCUT2D eigenvalue weighted by molar-refractivity contribution is 9.09. The van der Waals surface area contributed by atoms with Gasteiger partial charge in [0.05, 0.1) is 7.11 Å². The highest BCUT2D eigenvalue weighted by Crippen LogP contribution is 2.27. The first-order valence-electron chi connectivity index (χ1n) is 6.45. The molecule has 2 aromatic carbocycles. The van der Waals surface area contributed by atoms with E-state index in [1.807, 2.05) is 24.3 Å². The molecule has 0 heterocycles. The molecule has 2 nitrogen and oxygen atoms in total. The van der Waals surface area contributed by atoms with Gasteiger partial charge in [0, 0.05) is 10.9 Å². The Morgan fingerprint density at radius 2 is 1.76 bits per heavy atom. The molecule has 0 aliphatic heterocycles. The van der Waals surface area contributed by atoms with Gasteiger partial charge in [0.2, 0.25) is 0 Å². The summed E-state index contributed by atoms with van der Waals surface area (Å²) in [5, 5.41) is 0.625. The Labute approximate surface area is 132 Å². The average Bonchev–Trinajstić information content (AvgIpc) is 2.53. The minimum atomic E-state index is -0.279. The zero-order valence-electron chi connectivity index (χ0n) is 11.7. The Bertz CT molecular complexity index is 593. The summed E-state index contributed by atoms with van der Waals surface area (Å²) in [5.41, 5.74) is 1.77. The van der Waals surface area contributed by atoms with Gasteiger partial charge < -0.3 is 9.47 Å². The van der Waals surface area contributed by atoms with Crippen molar-refractivity contribution in [3.8, 4) is 5.75 Å². The van der Waals surface area contributed by atoms with E-state index in [0.29, 0.717) is 11.1 Å². The zero-order valence-corrected chi connectivity index (χ0v) is 13.3. The van der Waals surface area contributed by atoms with Crippen LogP contribution in [0.15, 0.2) is 55.1 Å². The molecule has 2 aromatic rings. The molecule has 0 aliphatic rings. The van der Waals surface area contributed by atoms with Crippen LogP contribution in [0.1, 0.15) is 17.2 Å². The van der Waals surface area contributed by atoms with Crippen molar-refractivity contribution in [1.29, 1.82) is 0 Å². The third-order valence-corrected chi connectivity index (χ3v) is 3.67. The Hall–Kier alpha value is -1.81. The smallest absolute Gasteiger partial charge is 0.133 e. The van der Waals surface area contributed by atoms with Crippen LogP contribution in [0.25, 0.3) is 5.76 Å². The monoisotopic (exact) mass is 350 g/mol. The third kappa shape index (κ3) is 4.08. The topological polar surface area (TPSA) is 18.5 Å². The van der Waals surface area contributed by atoms with Gasteiger partial charge in [-0.2, -0.15) is 0 Å². The van der Waals surface area contributed by atoms with Gasteiger partial charge in [-0.25, -0.2) is 4.39 Å². The molecule has 110 valence electrons. The second-order valence-corrected chi connectivity index (χ2v) is 5.11. The fraction of sp³-hybridized carbons (Fsp3) is 0.176. The van der Waals surface area contributed by atoms with E-state index in [4.69, 9.17) is 9.47 Å². The maximum Gasteiger partial charge on any atom is 0.133 e. The summed E-state index contributed by atoms with van der Waals surface area (Å²) in [6.45, 7) is 3.91. The van der Waals surface area contributed by atoms with E-state index < -0.39 is 0 Å². The van der Waals surface area contributed by atoms with E-state index >= 15 is 0 Å². The minimum absolute atomic E-state index is 0.173. The SMILES string of the molecule is C=C(OC(CBr)c1ccc(OC)cc1)c1ccc(F)cc1. The molecule has 0 N–H and O–H groups in total. The lowest BCUT2D eigenvalue weighted by Crippen LogP contribution is -2.05. The molecule has 0 saturated heterocycles. The maximum absolute atomic E-state index is 12.9. The Morgan fingerprint density at radius 1 is 1.14 bits per heavy atom. The molecular weight excluding hydrogens is 335 g/mol. The Morgan fingerprint density at radius 3 is 2.29 bits per heavy atom. The Balaban J connectivity index is 2.10. The van der Waals surface area contributed by atoms with Crippen molar-refractivity contribution in [3.05, 3.63) is 72.1 Å². The first kappa shape index (κ1) is 15.6. The van der Waals surface area contributed by atoms with Crippen molar-refractivity contribution in [1.82, 2.24) is 0 Å². The van der Waals surface area contributed by atoms with Crippen LogP contribution in [0, 0.1) is 5.82 Å². The summed E-state index contributed by atoms with van der Waals surface area (Å²) < 4.78 is 23.9. The van der Waals surface area contributed by atoms with Crippen LogP contribution in [-0.2, 0) is 4.74 Å². The lowest BCUT2D eigenvalue weighted by Gasteiger charge is -2.19. The summed E-state index contributed by atoms with van der Waals surface area (Å²) in [4.78, 5) is 0. The van der Waals surface area contributed by atoms with E-state index in [2.05, 4.69) is 22.5 Å². The lowest BCUT2D eigenvalue weighted by molar-refractivity contribution is 0.195. The van der Waals surface area contributed by atoms with Gasteiger partial charge in [0.15, 0.2) is 0 Å². The summed E-state index contributed by atoms with van der Waals surface area (Å²) in [7, 11) is 1.63. The van der Waals surface area contributed by atoms with Gasteiger partial charge in [0.25, 0.3) is 0 Å². The number of hydrogen-bond donors (Lipinski definition) is 0. The fourth-order valence-corrected chi connectivity index (χ4v) is 2.39. The van der Waals surface area contributed by atoms with E-state index in [-0.39, 0.29) is 11.9 Å². The fourth-order valence-electron chi connectivity index (χ4n) is 1.88. The van der Waals surface area contributed by atoms with E-state index in [0.717, 1.165) is 16.9 Å². The van der Waals surface area contributed by atoms with Gasteiger partial charge in [0.1, 0.15) is 23.4 Å². The maximum atomic E-state index is 12.9. The normalized spacial score (nSPS) is 11.8. The van der Waals surface area contributed by atoms with Crippen LogP contribution >= 0.6 is 15.9 Å². The van der Waals surface area contributed by atoms with Gasteiger partial charge in [-0.1, -0.05) is 34.6 Å². The lowest BCUT2D eigenvalue weighted by atomic mass is 10.1. The van der Waals surface area contributed by atoms with E-state index in [1.165, 1.54) is 12.1 Å². The number of methoxy groups -OCH3 is 1. The van der Waals surface area contributed by atoms with Crippen LogP contribution < -0.4 is 4.74 Å². The molecule has 0 fully saturated rings. The zero-order chi connectivity index (χ0) is 15.2. The molecule has 0 aromatic heterocycles. The van der Waals surface area contributed by atoms with Crippen molar-refractivity contribution in [2.75, 3.05) is 12.4 Å². The van der Waals surface area contributed by atoms with Crippen molar-refractivity contribution in [3.63, 3.8) is 0 Å². The molecule has 0 aliphatic carbocycles. The van der Waals surface area contributed by atoms with Crippen LogP contribution in [0.2, 0.25) is 0 Å². The second kappa shape index (κ2) is 7.27. The molecule has 0 saturated carbocycles. The van der Waals surface area contributed by atoms with Crippen molar-refractivity contribution in [2.24, 2.45) is 0 Å². The number of benzene rings is 2. The van der Waals surface area contributed by atoms with Crippen molar-refractivity contribution in [2.45, 2.75) is 6.10 Å². The van der Waals surface area contributed by atoms with Gasteiger partial charge >= 0.3 is 0 Å². The van der Waals surface area contributed by atoms with Crippen LogP contribution in [0.5, 0.6) is 5.75 Å². The molecule has 1 atom stereocenters. The molecule has 2 rings (SSSR count). The largest absolute Gasteiger partial charge is 0.497 e. The van der Waals surface area contributed by atoms with Crippen LogP contribution in [-0.4, -0.2) is 12.4 Å². The number of halogens is 2. The predicted octanol–water partition coefficient (Wildman–Crippen LogP) is 4.96. The predicted molar refractivity (Wildman–Crippen MR) is 86.0 cm³/mol. The first-order chi connectivity index (χ1) is 10.1. The second-order valence-electron chi connectivity index (χ2n) is 4.46. The summed E-state index contributed by atoms with van der Waals surface area (Å²) in [5.74, 6) is 1.03. The standard InChI is InChI=1S/C17H16BrFO2/c1-12(13-3-7-15(19)8-4-13)21-17(11-18)14-5-9-16(20-2)10-6-14/h3-10,17H,1,11H2,2H3. The van der Waals surface area contributed by atoms with Gasteiger partial charge in [-0.05, 0) is 42.0 Å². The summed E-state index contributed by atoms with van der Waals surface area (Å²) in [6, 6.07) is 13.7. The number of alkyl halides is 1. The highest BCUT2D eigenvalue weighted by Gasteiger charge is 2.13. The number of rotatable bonds is 6. The van der Waals surface area contributed by atoms with Gasteiger partial charge in [-0.3, -0.25) is 0 Å². The third-order valence-electron chi connectivity index (χ3n) is 3.08. The molecule has 0 amide bonds. The molecule has 4 heteroatoms. The molecule has 0 spiro atoms. The van der Waals surface area contributed by atoms with Crippen molar-refractivity contribution < 1.29 is 13.9 Å². The average molecular weight is 351 g/mol. The first-order valence-corrected chi connectivity index (χ1v) is 7.57. The molecular formula is C17H16BrFO2. The molecule has 21 heavy (non-hydrogen) atoms. The van der Waals surface area contributed by atoms with E-state index in [9.17, 15) is 4.39 Å². The minimum Gasteiger partial charge on any atom is -0.497 e. The summed E-state index contributed by atoms with van der Waals surface area (Å²) in [6.07, 6.45) is -0.173. The van der Waals surface area contributed by atoms with Gasteiger partial charge in [-0.15, -0.1) is 0 Å².